The summed E-state index contributed by atoms with van der Waals surface area (Å²) in [6, 6.07) is 3.80. The Labute approximate surface area is 121 Å². The van der Waals surface area contributed by atoms with Crippen LogP contribution in [0.4, 0.5) is 0 Å². The van der Waals surface area contributed by atoms with E-state index in [2.05, 4.69) is 15.2 Å². The number of likely N-dealkylation sites (tertiary alicyclic amines) is 1. The predicted molar refractivity (Wildman–Crippen MR) is 75.6 cm³/mol. The Kier molecular flexibility index (Phi) is 3.68. The Bertz CT molecular complexity index is 601. The SMILES string of the molecule is CSc1ncccc1C(=O)N1CCC(n2nccn2)C1. The van der Waals surface area contributed by atoms with E-state index in [9.17, 15) is 4.79 Å². The van der Waals surface area contributed by atoms with Gasteiger partial charge in [0.25, 0.3) is 5.91 Å². The van der Waals surface area contributed by atoms with Gasteiger partial charge in [-0.1, -0.05) is 0 Å². The minimum atomic E-state index is 0.0390. The molecule has 1 fully saturated rings. The normalized spacial score (nSPS) is 18.4. The fourth-order valence-corrected chi connectivity index (χ4v) is 2.96. The summed E-state index contributed by atoms with van der Waals surface area (Å²) < 4.78 is 0. The van der Waals surface area contributed by atoms with Gasteiger partial charge in [0, 0.05) is 19.3 Å². The second kappa shape index (κ2) is 5.62. The number of carbonyl (C=O) groups is 1. The van der Waals surface area contributed by atoms with Crippen molar-refractivity contribution in [3.8, 4) is 0 Å². The Morgan fingerprint density at radius 1 is 1.35 bits per heavy atom. The molecule has 1 aliphatic heterocycles. The first-order valence-electron chi connectivity index (χ1n) is 6.43. The van der Waals surface area contributed by atoms with Crippen LogP contribution in [0.2, 0.25) is 0 Å². The van der Waals surface area contributed by atoms with Crippen LogP contribution >= 0.6 is 11.8 Å². The number of aromatic nitrogens is 4. The molecular weight excluding hydrogens is 274 g/mol. The number of pyridine rings is 1. The van der Waals surface area contributed by atoms with Gasteiger partial charge >= 0.3 is 0 Å². The van der Waals surface area contributed by atoms with Crippen molar-refractivity contribution in [3.05, 3.63) is 36.3 Å². The van der Waals surface area contributed by atoms with Crippen molar-refractivity contribution in [1.29, 1.82) is 0 Å². The summed E-state index contributed by atoms with van der Waals surface area (Å²) in [5.41, 5.74) is 0.675. The second-order valence-corrected chi connectivity index (χ2v) is 5.40. The molecule has 3 heterocycles. The first-order valence-corrected chi connectivity index (χ1v) is 7.66. The van der Waals surface area contributed by atoms with Gasteiger partial charge in [0.1, 0.15) is 5.03 Å². The summed E-state index contributed by atoms with van der Waals surface area (Å²) in [5, 5.41) is 9.08. The zero-order valence-corrected chi connectivity index (χ0v) is 12.0. The quantitative estimate of drug-likeness (QED) is 0.801. The maximum Gasteiger partial charge on any atom is 0.256 e. The molecule has 1 unspecified atom stereocenters. The van der Waals surface area contributed by atoms with E-state index in [1.165, 1.54) is 11.8 Å². The number of nitrogens with zero attached hydrogens (tertiary/aromatic N) is 5. The monoisotopic (exact) mass is 289 g/mol. The molecule has 1 aliphatic rings. The highest BCUT2D eigenvalue weighted by Gasteiger charge is 2.30. The highest BCUT2D eigenvalue weighted by atomic mass is 32.2. The van der Waals surface area contributed by atoms with Gasteiger partial charge in [-0.3, -0.25) is 4.79 Å². The predicted octanol–water partition coefficient (Wildman–Crippen LogP) is 1.48. The molecule has 0 spiro atoms. The van der Waals surface area contributed by atoms with Crippen molar-refractivity contribution in [1.82, 2.24) is 24.9 Å². The molecule has 0 aromatic carbocycles. The van der Waals surface area contributed by atoms with Gasteiger partial charge in [0.15, 0.2) is 0 Å². The number of thioether (sulfide) groups is 1. The highest BCUT2D eigenvalue weighted by Crippen LogP contribution is 2.24. The lowest BCUT2D eigenvalue weighted by atomic mass is 10.2. The third-order valence-electron chi connectivity index (χ3n) is 3.41. The highest BCUT2D eigenvalue weighted by molar-refractivity contribution is 7.98. The molecule has 0 N–H and O–H groups in total. The number of hydrogen-bond donors (Lipinski definition) is 0. The standard InChI is InChI=1S/C13H15N5OS/c1-20-12-11(3-2-5-14-12)13(19)17-8-4-10(9-17)18-15-6-7-16-18/h2-3,5-7,10H,4,8-9H2,1H3. The summed E-state index contributed by atoms with van der Waals surface area (Å²) in [6.07, 6.45) is 7.85. The molecule has 0 bridgehead atoms. The van der Waals surface area contributed by atoms with Crippen LogP contribution in [-0.2, 0) is 0 Å². The summed E-state index contributed by atoms with van der Waals surface area (Å²) in [6.45, 7) is 1.38. The van der Waals surface area contributed by atoms with Crippen LogP contribution in [0.5, 0.6) is 0 Å². The van der Waals surface area contributed by atoms with Crippen molar-refractivity contribution < 1.29 is 4.79 Å². The molecule has 0 radical (unpaired) electrons. The minimum absolute atomic E-state index is 0.0390. The van der Waals surface area contributed by atoms with Gasteiger partial charge in [-0.05, 0) is 24.8 Å². The van der Waals surface area contributed by atoms with E-state index in [1.54, 1.807) is 29.5 Å². The zero-order chi connectivity index (χ0) is 13.9. The van der Waals surface area contributed by atoms with E-state index >= 15 is 0 Å². The van der Waals surface area contributed by atoms with Gasteiger partial charge in [-0.15, -0.1) is 11.8 Å². The Balaban J connectivity index is 1.76. The van der Waals surface area contributed by atoms with Crippen LogP contribution in [-0.4, -0.2) is 50.1 Å². The largest absolute Gasteiger partial charge is 0.336 e. The Hall–Kier alpha value is -1.89. The lowest BCUT2D eigenvalue weighted by Gasteiger charge is -2.17. The van der Waals surface area contributed by atoms with Gasteiger partial charge in [-0.2, -0.15) is 15.0 Å². The van der Waals surface area contributed by atoms with E-state index in [0.29, 0.717) is 12.1 Å². The average Bonchev–Trinajstić information content (AvgIpc) is 3.16. The van der Waals surface area contributed by atoms with E-state index in [-0.39, 0.29) is 11.9 Å². The van der Waals surface area contributed by atoms with Crippen LogP contribution in [0.1, 0.15) is 22.8 Å². The third-order valence-corrected chi connectivity index (χ3v) is 4.12. The fourth-order valence-electron chi connectivity index (χ4n) is 2.42. The molecule has 104 valence electrons. The summed E-state index contributed by atoms with van der Waals surface area (Å²) in [7, 11) is 0. The van der Waals surface area contributed by atoms with Crippen molar-refractivity contribution >= 4 is 17.7 Å². The van der Waals surface area contributed by atoms with Crippen LogP contribution < -0.4 is 0 Å². The maximum atomic E-state index is 12.6. The maximum absolute atomic E-state index is 12.6. The molecule has 6 nitrogen and oxygen atoms in total. The summed E-state index contributed by atoms with van der Waals surface area (Å²) in [4.78, 5) is 20.3. The zero-order valence-electron chi connectivity index (χ0n) is 11.1. The van der Waals surface area contributed by atoms with Gasteiger partial charge < -0.3 is 4.90 Å². The fraction of sp³-hybridized carbons (Fsp3) is 0.385. The van der Waals surface area contributed by atoms with E-state index < -0.39 is 0 Å². The van der Waals surface area contributed by atoms with Crippen LogP contribution in [0, 0.1) is 0 Å². The van der Waals surface area contributed by atoms with Gasteiger partial charge in [-0.25, -0.2) is 4.98 Å². The van der Waals surface area contributed by atoms with E-state index in [4.69, 9.17) is 0 Å². The number of hydrogen-bond acceptors (Lipinski definition) is 5. The Morgan fingerprint density at radius 2 is 2.15 bits per heavy atom. The molecule has 1 amide bonds. The molecule has 1 saturated heterocycles. The minimum Gasteiger partial charge on any atom is -0.336 e. The second-order valence-electron chi connectivity index (χ2n) is 4.60. The summed E-state index contributed by atoms with van der Waals surface area (Å²) in [5.74, 6) is 0.0390. The number of carbonyl (C=O) groups excluding carboxylic acids is 1. The lowest BCUT2D eigenvalue weighted by Crippen LogP contribution is -2.30. The van der Waals surface area contributed by atoms with E-state index in [0.717, 1.165) is 18.0 Å². The average molecular weight is 289 g/mol. The van der Waals surface area contributed by atoms with Gasteiger partial charge in [0.05, 0.1) is 24.0 Å². The molecule has 0 aliphatic carbocycles. The molecule has 20 heavy (non-hydrogen) atoms. The molecule has 1 atom stereocenters. The Morgan fingerprint density at radius 3 is 2.90 bits per heavy atom. The van der Waals surface area contributed by atoms with Crippen LogP contribution in [0.3, 0.4) is 0 Å². The first-order chi connectivity index (χ1) is 9.79. The van der Waals surface area contributed by atoms with Crippen molar-refractivity contribution in [2.75, 3.05) is 19.3 Å². The molecule has 3 rings (SSSR count). The van der Waals surface area contributed by atoms with Crippen molar-refractivity contribution in [2.45, 2.75) is 17.5 Å². The van der Waals surface area contributed by atoms with Gasteiger partial charge in [0.2, 0.25) is 0 Å². The van der Waals surface area contributed by atoms with Crippen LogP contribution in [0.25, 0.3) is 0 Å². The molecule has 2 aromatic rings. The van der Waals surface area contributed by atoms with Crippen LogP contribution in [0.15, 0.2) is 35.7 Å². The number of rotatable bonds is 3. The molecule has 0 saturated carbocycles. The van der Waals surface area contributed by atoms with E-state index in [1.807, 2.05) is 17.2 Å². The van der Waals surface area contributed by atoms with Crippen molar-refractivity contribution in [2.24, 2.45) is 0 Å². The number of amides is 1. The topological polar surface area (TPSA) is 63.9 Å². The third kappa shape index (κ3) is 2.40. The summed E-state index contributed by atoms with van der Waals surface area (Å²) >= 11 is 1.49. The molecular formula is C13H15N5OS. The first kappa shape index (κ1) is 13.1. The lowest BCUT2D eigenvalue weighted by molar-refractivity contribution is 0.0782. The molecule has 7 heteroatoms. The molecule has 2 aromatic heterocycles. The van der Waals surface area contributed by atoms with Crippen molar-refractivity contribution in [3.63, 3.8) is 0 Å². The smallest absolute Gasteiger partial charge is 0.256 e.